The number of rotatable bonds is 5. The van der Waals surface area contributed by atoms with Gasteiger partial charge < -0.3 is 10.2 Å². The summed E-state index contributed by atoms with van der Waals surface area (Å²) in [7, 11) is 0. The Morgan fingerprint density at radius 1 is 0.510 bits per heavy atom. The normalized spacial score (nSPS) is 11.8. The largest absolute Gasteiger partial charge is 0.456 e. The molecule has 0 aliphatic rings. The van der Waals surface area contributed by atoms with Crippen LogP contribution in [0.15, 0.2) is 150 Å². The molecule has 2 aromatic heterocycles. The maximum Gasteiger partial charge on any atom is 0.164 e. The van der Waals surface area contributed by atoms with Crippen LogP contribution >= 0.6 is 0 Å². The summed E-state index contributed by atoms with van der Waals surface area (Å²) in [5.74, 6) is 2.49. The molecule has 0 saturated heterocycles. The third-order valence-electron chi connectivity index (χ3n) is 9.34. The van der Waals surface area contributed by atoms with E-state index in [4.69, 9.17) is 25.1 Å². The molecule has 0 saturated carbocycles. The third kappa shape index (κ3) is 4.75. The molecule has 0 fully saturated rings. The molecule has 5 heteroatoms. The Bertz CT molecular complexity index is 2670. The van der Waals surface area contributed by atoms with Crippen LogP contribution in [0.3, 0.4) is 0 Å². The molecule has 9 rings (SSSR count). The van der Waals surface area contributed by atoms with Gasteiger partial charge in [0.25, 0.3) is 0 Å². The zero-order chi connectivity index (χ0) is 32.9. The van der Waals surface area contributed by atoms with Crippen LogP contribution < -0.4 is 5.73 Å². The summed E-state index contributed by atoms with van der Waals surface area (Å²) in [6.07, 6.45) is 3.33. The topological polar surface area (TPSA) is 77.8 Å². The first-order valence-corrected chi connectivity index (χ1v) is 16.3. The minimum atomic E-state index is 0.575. The minimum Gasteiger partial charge on any atom is -0.456 e. The molecule has 232 valence electrons. The predicted molar refractivity (Wildman–Crippen MR) is 202 cm³/mol. The summed E-state index contributed by atoms with van der Waals surface area (Å²) in [6, 6.07) is 48.2. The molecule has 2 N–H and O–H groups in total. The van der Waals surface area contributed by atoms with Crippen molar-refractivity contribution in [2.75, 3.05) is 0 Å². The quantitative estimate of drug-likeness (QED) is 0.191. The first-order valence-electron chi connectivity index (χ1n) is 16.3. The van der Waals surface area contributed by atoms with Crippen LogP contribution in [0.4, 0.5) is 0 Å². The SMILES string of the molecule is Cc1c(/C=C\N)oc2c(-c3cc4ccc5ccccc5c4c4ccccc34)ccc(-c3nc(-c4ccccc4)nc(-c4ccccc4)n3)c12. The third-order valence-corrected chi connectivity index (χ3v) is 9.34. The standard InChI is InChI=1S/C44H30N4O/c1-27-38(24-25-45)49-41-35(37-26-31-21-20-28-12-8-9-17-32(28)40(31)34-19-11-10-18-33(34)37)22-23-36(39(27)41)44-47-42(29-13-4-2-5-14-29)46-43(48-44)30-15-6-3-7-16-30/h2-26H,45H2,1H3/b25-24-. The van der Waals surface area contributed by atoms with Crippen molar-refractivity contribution in [2.24, 2.45) is 5.73 Å². The van der Waals surface area contributed by atoms with E-state index in [1.807, 2.05) is 66.7 Å². The zero-order valence-electron chi connectivity index (χ0n) is 26.8. The van der Waals surface area contributed by atoms with Crippen molar-refractivity contribution in [3.63, 3.8) is 0 Å². The molecular weight excluding hydrogens is 601 g/mol. The number of fused-ring (bicyclic) bond motifs is 6. The van der Waals surface area contributed by atoms with E-state index >= 15 is 0 Å². The van der Waals surface area contributed by atoms with E-state index in [2.05, 4.69) is 85.8 Å². The van der Waals surface area contributed by atoms with Crippen LogP contribution in [0.25, 0.3) is 94.7 Å². The van der Waals surface area contributed by atoms with Crippen LogP contribution in [-0.2, 0) is 0 Å². The number of aryl methyl sites for hydroxylation is 1. The molecule has 0 radical (unpaired) electrons. The van der Waals surface area contributed by atoms with Crippen LogP contribution in [-0.4, -0.2) is 15.0 Å². The average Bonchev–Trinajstić information content (AvgIpc) is 3.50. The lowest BCUT2D eigenvalue weighted by Gasteiger charge is -2.15. The number of furan rings is 1. The van der Waals surface area contributed by atoms with Crippen molar-refractivity contribution in [2.45, 2.75) is 6.92 Å². The summed E-state index contributed by atoms with van der Waals surface area (Å²) in [6.45, 7) is 2.07. The molecule has 0 atom stereocenters. The fourth-order valence-corrected chi connectivity index (χ4v) is 7.05. The lowest BCUT2D eigenvalue weighted by molar-refractivity contribution is 0.602. The summed E-state index contributed by atoms with van der Waals surface area (Å²) >= 11 is 0. The highest BCUT2D eigenvalue weighted by atomic mass is 16.3. The number of hydrogen-bond acceptors (Lipinski definition) is 5. The predicted octanol–water partition coefficient (Wildman–Crippen LogP) is 11.0. The van der Waals surface area contributed by atoms with Crippen LogP contribution in [0.2, 0.25) is 0 Å². The highest BCUT2D eigenvalue weighted by Gasteiger charge is 2.23. The Balaban J connectivity index is 1.34. The Labute approximate surface area is 283 Å². The van der Waals surface area contributed by atoms with Crippen molar-refractivity contribution in [3.05, 3.63) is 157 Å². The number of nitrogens with two attached hydrogens (primary N) is 1. The van der Waals surface area contributed by atoms with Gasteiger partial charge in [-0.3, -0.25) is 0 Å². The lowest BCUT2D eigenvalue weighted by atomic mass is 9.89. The molecule has 0 unspecified atom stereocenters. The van der Waals surface area contributed by atoms with Gasteiger partial charge >= 0.3 is 0 Å². The number of aromatic nitrogens is 3. The first-order chi connectivity index (χ1) is 24.2. The molecule has 9 aromatic rings. The fraction of sp³-hybridized carbons (Fsp3) is 0.0227. The fourth-order valence-electron chi connectivity index (χ4n) is 7.05. The minimum absolute atomic E-state index is 0.575. The van der Waals surface area contributed by atoms with Gasteiger partial charge in [-0.1, -0.05) is 121 Å². The van der Waals surface area contributed by atoms with Gasteiger partial charge in [0, 0.05) is 33.2 Å². The maximum atomic E-state index is 6.71. The molecular formula is C44H30N4O. The first kappa shape index (κ1) is 28.6. The van der Waals surface area contributed by atoms with E-state index in [-0.39, 0.29) is 0 Å². The van der Waals surface area contributed by atoms with Crippen molar-refractivity contribution in [1.82, 2.24) is 15.0 Å². The molecule has 0 spiro atoms. The maximum absolute atomic E-state index is 6.71. The van der Waals surface area contributed by atoms with E-state index in [1.54, 1.807) is 0 Å². The van der Waals surface area contributed by atoms with Crippen molar-refractivity contribution < 1.29 is 4.42 Å². The average molecular weight is 631 g/mol. The Hall–Kier alpha value is -6.59. The molecule has 0 aliphatic carbocycles. The Morgan fingerprint density at radius 2 is 1.08 bits per heavy atom. The summed E-state index contributed by atoms with van der Waals surface area (Å²) in [5, 5.41) is 8.19. The van der Waals surface area contributed by atoms with Gasteiger partial charge in [0.1, 0.15) is 11.3 Å². The van der Waals surface area contributed by atoms with Crippen molar-refractivity contribution in [1.29, 1.82) is 0 Å². The van der Waals surface area contributed by atoms with E-state index < -0.39 is 0 Å². The van der Waals surface area contributed by atoms with Crippen LogP contribution in [0.1, 0.15) is 11.3 Å². The second kappa shape index (κ2) is 11.6. The monoisotopic (exact) mass is 630 g/mol. The van der Waals surface area contributed by atoms with Gasteiger partial charge in [0.15, 0.2) is 17.5 Å². The van der Waals surface area contributed by atoms with Crippen molar-refractivity contribution >= 4 is 49.4 Å². The summed E-state index contributed by atoms with van der Waals surface area (Å²) in [4.78, 5) is 15.0. The van der Waals surface area contributed by atoms with Crippen molar-refractivity contribution in [3.8, 4) is 45.3 Å². The summed E-state index contributed by atoms with van der Waals surface area (Å²) < 4.78 is 6.71. The zero-order valence-corrected chi connectivity index (χ0v) is 26.8. The van der Waals surface area contributed by atoms with E-state index in [0.717, 1.165) is 49.7 Å². The second-order valence-corrected chi connectivity index (χ2v) is 12.2. The molecule has 5 nitrogen and oxygen atoms in total. The van der Waals surface area contributed by atoms with E-state index in [0.29, 0.717) is 23.2 Å². The van der Waals surface area contributed by atoms with Crippen LogP contribution in [0.5, 0.6) is 0 Å². The molecule has 0 bridgehead atoms. The summed E-state index contributed by atoms with van der Waals surface area (Å²) in [5.41, 5.74) is 12.4. The molecule has 0 aliphatic heterocycles. The highest BCUT2D eigenvalue weighted by Crippen LogP contribution is 2.44. The van der Waals surface area contributed by atoms with Gasteiger partial charge in [-0.2, -0.15) is 0 Å². The van der Waals surface area contributed by atoms with Crippen LogP contribution in [0, 0.1) is 6.92 Å². The molecule has 2 heterocycles. The van der Waals surface area contributed by atoms with Gasteiger partial charge in [-0.25, -0.2) is 15.0 Å². The lowest BCUT2D eigenvalue weighted by Crippen LogP contribution is -2.00. The van der Waals surface area contributed by atoms with Gasteiger partial charge in [0.05, 0.1) is 0 Å². The van der Waals surface area contributed by atoms with Gasteiger partial charge in [-0.15, -0.1) is 0 Å². The Morgan fingerprint density at radius 3 is 1.78 bits per heavy atom. The van der Waals surface area contributed by atoms with Gasteiger partial charge in [-0.05, 0) is 75.3 Å². The molecule has 0 amide bonds. The smallest absolute Gasteiger partial charge is 0.164 e. The Kier molecular flexibility index (Phi) is 6.76. The number of hydrogen-bond donors (Lipinski definition) is 1. The second-order valence-electron chi connectivity index (χ2n) is 12.2. The highest BCUT2D eigenvalue weighted by molar-refractivity contribution is 6.24. The molecule has 49 heavy (non-hydrogen) atoms. The van der Waals surface area contributed by atoms with Gasteiger partial charge in [0.2, 0.25) is 0 Å². The van der Waals surface area contributed by atoms with E-state index in [9.17, 15) is 0 Å². The molecule has 7 aromatic carbocycles. The number of benzene rings is 7. The number of nitrogens with zero attached hydrogens (tertiary/aromatic N) is 3. The van der Waals surface area contributed by atoms with E-state index in [1.165, 1.54) is 33.1 Å².